The largest absolute Gasteiger partial charge is 0.462 e. The third-order valence-electron chi connectivity index (χ3n) is 6.16. The number of Topliss-reactive ketones (excluding diaryl/α,β-unsaturated/α-hetero) is 1. The first-order valence-corrected chi connectivity index (χ1v) is 11.8. The van der Waals surface area contributed by atoms with Gasteiger partial charge in [-0.2, -0.15) is 0 Å². The number of nitrogens with one attached hydrogen (secondary N) is 1. The summed E-state index contributed by atoms with van der Waals surface area (Å²) in [6.07, 6.45) is 1.89. The van der Waals surface area contributed by atoms with Gasteiger partial charge in [-0.05, 0) is 48.9 Å². The monoisotopic (exact) mass is 451 g/mol. The molecule has 0 amide bonds. The Morgan fingerprint density at radius 3 is 2.84 bits per heavy atom. The molecule has 2 aromatic rings. The van der Waals surface area contributed by atoms with Gasteiger partial charge in [-0.1, -0.05) is 19.1 Å². The SMILES string of the molecule is CCCOC(=O)C1=C(C)NC2=C(C(=O)C[C@@H](c3cccs3)C2)[C@@H]1c1ccc2c(c1)OCO2. The Kier molecular flexibility index (Phi) is 5.51. The molecule has 5 rings (SSSR count). The summed E-state index contributed by atoms with van der Waals surface area (Å²) in [6.45, 7) is 4.34. The van der Waals surface area contributed by atoms with Crippen LogP contribution in [0, 0.1) is 0 Å². The van der Waals surface area contributed by atoms with Crippen LogP contribution in [-0.4, -0.2) is 25.2 Å². The highest BCUT2D eigenvalue weighted by atomic mass is 32.1. The van der Waals surface area contributed by atoms with Crippen LogP contribution in [0.15, 0.2) is 58.3 Å². The number of ether oxygens (including phenoxy) is 3. The fourth-order valence-electron chi connectivity index (χ4n) is 4.73. The quantitative estimate of drug-likeness (QED) is 0.659. The Hall–Kier alpha value is -3.06. The van der Waals surface area contributed by atoms with E-state index >= 15 is 0 Å². The lowest BCUT2D eigenvalue weighted by atomic mass is 9.72. The minimum atomic E-state index is -0.498. The van der Waals surface area contributed by atoms with Gasteiger partial charge in [0.2, 0.25) is 6.79 Å². The molecule has 0 spiro atoms. The molecule has 0 saturated carbocycles. The van der Waals surface area contributed by atoms with Gasteiger partial charge in [0.15, 0.2) is 17.3 Å². The topological polar surface area (TPSA) is 73.9 Å². The number of hydrogen-bond donors (Lipinski definition) is 1. The van der Waals surface area contributed by atoms with Crippen molar-refractivity contribution in [3.05, 3.63) is 68.7 Å². The second-order valence-electron chi connectivity index (χ2n) is 8.28. The highest BCUT2D eigenvalue weighted by Crippen LogP contribution is 2.47. The molecule has 1 aromatic carbocycles. The number of fused-ring (bicyclic) bond motifs is 1. The predicted molar refractivity (Wildman–Crippen MR) is 121 cm³/mol. The van der Waals surface area contributed by atoms with Crippen molar-refractivity contribution in [3.63, 3.8) is 0 Å². The molecular weight excluding hydrogens is 426 g/mol. The van der Waals surface area contributed by atoms with Crippen molar-refractivity contribution in [2.24, 2.45) is 0 Å². The molecule has 1 aliphatic carbocycles. The molecule has 2 atom stereocenters. The summed E-state index contributed by atoms with van der Waals surface area (Å²) in [6, 6.07) is 9.73. The molecule has 0 saturated heterocycles. The third-order valence-corrected chi connectivity index (χ3v) is 7.20. The maximum absolute atomic E-state index is 13.5. The Morgan fingerprint density at radius 2 is 2.06 bits per heavy atom. The fourth-order valence-corrected chi connectivity index (χ4v) is 5.56. The minimum Gasteiger partial charge on any atom is -0.462 e. The van der Waals surface area contributed by atoms with Gasteiger partial charge in [0.25, 0.3) is 0 Å². The van der Waals surface area contributed by atoms with Gasteiger partial charge in [-0.25, -0.2) is 4.79 Å². The van der Waals surface area contributed by atoms with Crippen LogP contribution in [0.25, 0.3) is 0 Å². The molecule has 3 heterocycles. The summed E-state index contributed by atoms with van der Waals surface area (Å²) >= 11 is 1.68. The van der Waals surface area contributed by atoms with Crippen LogP contribution in [0.1, 0.15) is 55.4 Å². The van der Waals surface area contributed by atoms with Crippen molar-refractivity contribution >= 4 is 23.1 Å². The van der Waals surface area contributed by atoms with Crippen molar-refractivity contribution in [2.75, 3.05) is 13.4 Å². The number of carbonyl (C=O) groups excluding carboxylic acids is 2. The van der Waals surface area contributed by atoms with E-state index in [0.717, 1.165) is 29.8 Å². The van der Waals surface area contributed by atoms with Crippen LogP contribution in [0.4, 0.5) is 0 Å². The molecule has 1 aromatic heterocycles. The number of benzene rings is 1. The lowest BCUT2D eigenvalue weighted by Crippen LogP contribution is -2.36. The Morgan fingerprint density at radius 1 is 1.22 bits per heavy atom. The third kappa shape index (κ3) is 3.60. The second-order valence-corrected chi connectivity index (χ2v) is 9.26. The van der Waals surface area contributed by atoms with Gasteiger partial charge in [0.1, 0.15) is 0 Å². The molecular formula is C25H25NO5S. The summed E-state index contributed by atoms with van der Waals surface area (Å²) in [5.41, 5.74) is 3.60. The summed E-state index contributed by atoms with van der Waals surface area (Å²) in [4.78, 5) is 27.8. The number of hydrogen-bond acceptors (Lipinski definition) is 7. The Labute approximate surface area is 190 Å². The van der Waals surface area contributed by atoms with Crippen molar-refractivity contribution in [1.82, 2.24) is 5.32 Å². The van der Waals surface area contributed by atoms with Crippen molar-refractivity contribution in [1.29, 1.82) is 0 Å². The molecule has 2 aliphatic heterocycles. The number of thiophene rings is 1. The van der Waals surface area contributed by atoms with Crippen LogP contribution in [0.5, 0.6) is 11.5 Å². The predicted octanol–water partition coefficient (Wildman–Crippen LogP) is 4.79. The second kappa shape index (κ2) is 8.47. The average molecular weight is 452 g/mol. The highest BCUT2D eigenvalue weighted by molar-refractivity contribution is 7.10. The summed E-state index contributed by atoms with van der Waals surface area (Å²) in [7, 11) is 0. The van der Waals surface area contributed by atoms with Gasteiger partial charge in [-0.3, -0.25) is 4.79 Å². The summed E-state index contributed by atoms with van der Waals surface area (Å²) in [5, 5.41) is 5.43. The van der Waals surface area contributed by atoms with E-state index in [0.29, 0.717) is 35.7 Å². The first kappa shape index (κ1) is 20.8. The van der Waals surface area contributed by atoms with Crippen LogP contribution in [0.3, 0.4) is 0 Å². The van der Waals surface area contributed by atoms with E-state index in [4.69, 9.17) is 14.2 Å². The molecule has 32 heavy (non-hydrogen) atoms. The molecule has 3 aliphatic rings. The number of allylic oxidation sites excluding steroid dienone is 3. The van der Waals surface area contributed by atoms with Gasteiger partial charge in [0, 0.05) is 40.1 Å². The zero-order chi connectivity index (χ0) is 22.2. The maximum atomic E-state index is 13.5. The molecule has 1 N–H and O–H groups in total. The smallest absolute Gasteiger partial charge is 0.336 e. The first-order chi connectivity index (χ1) is 15.6. The lowest BCUT2D eigenvalue weighted by Gasteiger charge is -2.36. The van der Waals surface area contributed by atoms with Gasteiger partial charge in [0.05, 0.1) is 12.2 Å². The van der Waals surface area contributed by atoms with E-state index in [2.05, 4.69) is 11.4 Å². The van der Waals surface area contributed by atoms with E-state index < -0.39 is 5.92 Å². The summed E-state index contributed by atoms with van der Waals surface area (Å²) in [5.74, 6) is 0.615. The van der Waals surface area contributed by atoms with Crippen LogP contribution < -0.4 is 14.8 Å². The van der Waals surface area contributed by atoms with E-state index in [-0.39, 0.29) is 24.5 Å². The molecule has 166 valence electrons. The first-order valence-electron chi connectivity index (χ1n) is 10.9. The van der Waals surface area contributed by atoms with Crippen LogP contribution >= 0.6 is 11.3 Å². The standard InChI is InChI=1S/C25H25NO5S/c1-3-8-29-25(28)22-14(2)26-17-10-16(21-5-4-9-32-21)11-18(27)24(17)23(22)15-6-7-19-20(12-15)31-13-30-19/h4-7,9,12,16,23,26H,3,8,10-11,13H2,1-2H3/t16-,23+/m0/s1. The molecule has 0 bridgehead atoms. The van der Waals surface area contributed by atoms with E-state index in [1.165, 1.54) is 4.88 Å². The zero-order valence-electron chi connectivity index (χ0n) is 18.1. The lowest BCUT2D eigenvalue weighted by molar-refractivity contribution is -0.139. The Balaban J connectivity index is 1.59. The molecule has 0 radical (unpaired) electrons. The Bertz CT molecular complexity index is 1130. The number of carbonyl (C=O) groups is 2. The number of ketones is 1. The minimum absolute atomic E-state index is 0.0631. The zero-order valence-corrected chi connectivity index (χ0v) is 18.9. The van der Waals surface area contributed by atoms with E-state index in [9.17, 15) is 9.59 Å². The average Bonchev–Trinajstić information content (AvgIpc) is 3.47. The van der Waals surface area contributed by atoms with Crippen molar-refractivity contribution in [3.8, 4) is 11.5 Å². The van der Waals surface area contributed by atoms with Gasteiger partial charge in [-0.15, -0.1) is 11.3 Å². The molecule has 6 nitrogen and oxygen atoms in total. The number of esters is 1. The van der Waals surface area contributed by atoms with Crippen LogP contribution in [-0.2, 0) is 14.3 Å². The molecule has 0 unspecified atom stereocenters. The molecule has 0 fully saturated rings. The fraction of sp³-hybridized carbons (Fsp3) is 0.360. The highest BCUT2D eigenvalue weighted by Gasteiger charge is 2.42. The van der Waals surface area contributed by atoms with Gasteiger partial charge < -0.3 is 19.5 Å². The van der Waals surface area contributed by atoms with Gasteiger partial charge >= 0.3 is 5.97 Å². The number of rotatable bonds is 5. The van der Waals surface area contributed by atoms with Crippen LogP contribution in [0.2, 0.25) is 0 Å². The summed E-state index contributed by atoms with van der Waals surface area (Å²) < 4.78 is 16.5. The molecule has 7 heteroatoms. The maximum Gasteiger partial charge on any atom is 0.336 e. The normalized spacial score (nSPS) is 22.0. The van der Waals surface area contributed by atoms with Crippen molar-refractivity contribution < 1.29 is 23.8 Å². The number of dihydropyridines is 1. The van der Waals surface area contributed by atoms with E-state index in [1.807, 2.05) is 43.5 Å². The van der Waals surface area contributed by atoms with E-state index in [1.54, 1.807) is 11.3 Å². The van der Waals surface area contributed by atoms with Crippen molar-refractivity contribution in [2.45, 2.75) is 44.9 Å².